The number of rotatable bonds is 5. The van der Waals surface area contributed by atoms with Gasteiger partial charge in [-0.1, -0.05) is 6.07 Å². The van der Waals surface area contributed by atoms with E-state index in [1.807, 2.05) is 33.8 Å². The average molecular weight is 275 g/mol. The molecule has 0 saturated carbocycles. The Morgan fingerprint density at radius 1 is 1.30 bits per heavy atom. The first-order valence-corrected chi connectivity index (χ1v) is 6.77. The number of hydrogen-bond acceptors (Lipinski definition) is 5. The van der Waals surface area contributed by atoms with Gasteiger partial charge in [-0.3, -0.25) is 0 Å². The minimum atomic E-state index is 0.0712. The fourth-order valence-electron chi connectivity index (χ4n) is 2.14. The molecule has 0 aliphatic carbocycles. The quantitative estimate of drug-likeness (QED) is 0.846. The number of hydrogen-bond donors (Lipinski definition) is 1. The van der Waals surface area contributed by atoms with E-state index in [2.05, 4.69) is 21.6 Å². The minimum Gasteiger partial charge on any atom is -0.398 e. The Morgan fingerprint density at radius 2 is 2.05 bits per heavy atom. The van der Waals surface area contributed by atoms with E-state index in [0.29, 0.717) is 13.2 Å². The predicted molar refractivity (Wildman–Crippen MR) is 78.3 cm³/mol. The normalized spacial score (nSPS) is 12.6. The highest BCUT2D eigenvalue weighted by Crippen LogP contribution is 2.27. The van der Waals surface area contributed by atoms with Crippen molar-refractivity contribution in [2.45, 2.75) is 33.7 Å². The van der Waals surface area contributed by atoms with Crippen LogP contribution in [0.4, 0.5) is 5.69 Å². The van der Waals surface area contributed by atoms with Crippen LogP contribution in [-0.4, -0.2) is 33.4 Å². The third-order valence-electron chi connectivity index (χ3n) is 3.33. The van der Waals surface area contributed by atoms with Gasteiger partial charge in [0.05, 0.1) is 12.6 Å². The van der Waals surface area contributed by atoms with Crippen molar-refractivity contribution in [1.82, 2.24) is 20.2 Å². The lowest BCUT2D eigenvalue weighted by Crippen LogP contribution is -2.15. The van der Waals surface area contributed by atoms with Crippen LogP contribution >= 0.6 is 0 Å². The van der Waals surface area contributed by atoms with E-state index < -0.39 is 0 Å². The number of benzene rings is 1. The molecule has 2 N–H and O–H groups in total. The zero-order chi connectivity index (χ0) is 14.7. The Bertz CT molecular complexity index is 593. The van der Waals surface area contributed by atoms with Gasteiger partial charge in [0.15, 0.2) is 5.82 Å². The largest absolute Gasteiger partial charge is 0.398 e. The molecule has 0 aliphatic heterocycles. The van der Waals surface area contributed by atoms with Crippen LogP contribution in [0.5, 0.6) is 0 Å². The summed E-state index contributed by atoms with van der Waals surface area (Å²) in [4.78, 5) is 0. The highest BCUT2D eigenvalue weighted by Gasteiger charge is 2.17. The van der Waals surface area contributed by atoms with E-state index in [0.717, 1.165) is 28.2 Å². The third kappa shape index (κ3) is 2.80. The SMILES string of the molecule is CCOCC(C)n1nnnc1-c1cc(N)c(C)cc1C. The molecular weight excluding hydrogens is 254 g/mol. The maximum Gasteiger partial charge on any atom is 0.182 e. The average Bonchev–Trinajstić information content (AvgIpc) is 2.89. The van der Waals surface area contributed by atoms with Gasteiger partial charge in [-0.15, -0.1) is 5.10 Å². The second-order valence-corrected chi connectivity index (χ2v) is 4.98. The first-order valence-electron chi connectivity index (χ1n) is 6.77. The maximum atomic E-state index is 6.00. The van der Waals surface area contributed by atoms with Gasteiger partial charge in [0.1, 0.15) is 0 Å². The second kappa shape index (κ2) is 6.00. The summed E-state index contributed by atoms with van der Waals surface area (Å²) < 4.78 is 7.23. The van der Waals surface area contributed by atoms with E-state index in [1.165, 1.54) is 0 Å². The molecule has 0 bridgehead atoms. The molecule has 2 aromatic rings. The van der Waals surface area contributed by atoms with E-state index in [4.69, 9.17) is 10.5 Å². The Hall–Kier alpha value is -1.95. The van der Waals surface area contributed by atoms with Gasteiger partial charge in [-0.05, 0) is 55.3 Å². The molecule has 0 saturated heterocycles. The highest BCUT2D eigenvalue weighted by atomic mass is 16.5. The molecule has 108 valence electrons. The third-order valence-corrected chi connectivity index (χ3v) is 3.33. The van der Waals surface area contributed by atoms with E-state index >= 15 is 0 Å². The number of nitrogen functional groups attached to an aromatic ring is 1. The molecular formula is C14H21N5O. The van der Waals surface area contributed by atoms with Crippen molar-refractivity contribution in [3.05, 3.63) is 23.3 Å². The fraction of sp³-hybridized carbons (Fsp3) is 0.500. The number of aryl methyl sites for hydroxylation is 2. The molecule has 0 fully saturated rings. The zero-order valence-electron chi connectivity index (χ0n) is 12.4. The summed E-state index contributed by atoms with van der Waals surface area (Å²) >= 11 is 0. The van der Waals surface area contributed by atoms with Crippen molar-refractivity contribution >= 4 is 5.69 Å². The molecule has 6 nitrogen and oxygen atoms in total. The Labute approximate surface area is 118 Å². The van der Waals surface area contributed by atoms with Gasteiger partial charge in [0, 0.05) is 17.9 Å². The molecule has 1 aromatic heterocycles. The summed E-state index contributed by atoms with van der Waals surface area (Å²) in [6.45, 7) is 9.29. The first-order chi connectivity index (χ1) is 9.54. The maximum absolute atomic E-state index is 6.00. The summed E-state index contributed by atoms with van der Waals surface area (Å²) in [5.74, 6) is 0.724. The van der Waals surface area contributed by atoms with Crippen molar-refractivity contribution in [2.24, 2.45) is 0 Å². The lowest BCUT2D eigenvalue weighted by atomic mass is 10.0. The van der Waals surface area contributed by atoms with Gasteiger partial charge in [0.2, 0.25) is 0 Å². The van der Waals surface area contributed by atoms with Crippen LogP contribution in [0.2, 0.25) is 0 Å². The first kappa shape index (κ1) is 14.5. The molecule has 6 heteroatoms. The smallest absolute Gasteiger partial charge is 0.182 e. The summed E-state index contributed by atoms with van der Waals surface area (Å²) in [6, 6.07) is 4.05. The molecule has 20 heavy (non-hydrogen) atoms. The Balaban J connectivity index is 2.39. The van der Waals surface area contributed by atoms with Gasteiger partial charge in [0.25, 0.3) is 0 Å². The molecule has 1 aromatic carbocycles. The van der Waals surface area contributed by atoms with Crippen LogP contribution in [-0.2, 0) is 4.74 Å². The van der Waals surface area contributed by atoms with Crippen LogP contribution in [0.1, 0.15) is 31.0 Å². The number of ether oxygens (including phenoxy) is 1. The fourth-order valence-corrected chi connectivity index (χ4v) is 2.14. The number of aromatic nitrogens is 4. The molecule has 0 spiro atoms. The number of tetrazole rings is 1. The minimum absolute atomic E-state index is 0.0712. The van der Waals surface area contributed by atoms with E-state index in [9.17, 15) is 0 Å². The Kier molecular flexibility index (Phi) is 4.34. The van der Waals surface area contributed by atoms with E-state index in [-0.39, 0.29) is 6.04 Å². The van der Waals surface area contributed by atoms with Crippen molar-refractivity contribution in [2.75, 3.05) is 18.9 Å². The zero-order valence-corrected chi connectivity index (χ0v) is 12.4. The standard InChI is InChI=1S/C14H21N5O/c1-5-20-8-11(4)19-14(16-17-18-19)12-7-13(15)10(3)6-9(12)2/h6-7,11H,5,8,15H2,1-4H3. The van der Waals surface area contributed by atoms with Crippen LogP contribution in [0, 0.1) is 13.8 Å². The number of anilines is 1. The number of nitrogens with two attached hydrogens (primary N) is 1. The van der Waals surface area contributed by atoms with Crippen molar-refractivity contribution in [3.8, 4) is 11.4 Å². The predicted octanol–water partition coefficient (Wildman–Crippen LogP) is 2.14. The topological polar surface area (TPSA) is 78.8 Å². The van der Waals surface area contributed by atoms with Crippen molar-refractivity contribution in [1.29, 1.82) is 0 Å². The summed E-state index contributed by atoms with van der Waals surface area (Å²) in [7, 11) is 0. The van der Waals surface area contributed by atoms with Crippen molar-refractivity contribution in [3.63, 3.8) is 0 Å². The lowest BCUT2D eigenvalue weighted by Gasteiger charge is -2.15. The number of nitrogens with zero attached hydrogens (tertiary/aromatic N) is 4. The van der Waals surface area contributed by atoms with Crippen LogP contribution in [0.25, 0.3) is 11.4 Å². The molecule has 0 aliphatic rings. The molecule has 2 rings (SSSR count). The van der Waals surface area contributed by atoms with Gasteiger partial charge in [-0.2, -0.15) is 0 Å². The van der Waals surface area contributed by atoms with Crippen LogP contribution in [0.3, 0.4) is 0 Å². The molecule has 0 radical (unpaired) electrons. The second-order valence-electron chi connectivity index (χ2n) is 4.98. The van der Waals surface area contributed by atoms with Crippen LogP contribution < -0.4 is 5.73 Å². The molecule has 0 amide bonds. The van der Waals surface area contributed by atoms with Gasteiger partial charge < -0.3 is 10.5 Å². The van der Waals surface area contributed by atoms with Gasteiger partial charge >= 0.3 is 0 Å². The Morgan fingerprint density at radius 3 is 2.75 bits per heavy atom. The van der Waals surface area contributed by atoms with Crippen molar-refractivity contribution < 1.29 is 4.74 Å². The highest BCUT2D eigenvalue weighted by molar-refractivity contribution is 5.67. The van der Waals surface area contributed by atoms with E-state index in [1.54, 1.807) is 4.68 Å². The lowest BCUT2D eigenvalue weighted by molar-refractivity contribution is 0.115. The van der Waals surface area contributed by atoms with Crippen LogP contribution in [0.15, 0.2) is 12.1 Å². The monoisotopic (exact) mass is 275 g/mol. The molecule has 1 atom stereocenters. The summed E-state index contributed by atoms with van der Waals surface area (Å²) in [5, 5.41) is 12.0. The van der Waals surface area contributed by atoms with Gasteiger partial charge in [-0.25, -0.2) is 4.68 Å². The molecule has 1 heterocycles. The summed E-state index contributed by atoms with van der Waals surface area (Å²) in [5.41, 5.74) is 9.88. The summed E-state index contributed by atoms with van der Waals surface area (Å²) in [6.07, 6.45) is 0. The molecule has 1 unspecified atom stereocenters.